The lowest BCUT2D eigenvalue weighted by Gasteiger charge is -2.13. The molecule has 1 aromatic heterocycles. The number of anilines is 2. The van der Waals surface area contributed by atoms with Crippen LogP contribution in [0.3, 0.4) is 0 Å². The molecule has 1 fully saturated rings. The van der Waals surface area contributed by atoms with E-state index in [2.05, 4.69) is 15.6 Å². The summed E-state index contributed by atoms with van der Waals surface area (Å²) < 4.78 is 0. The molecule has 0 aliphatic heterocycles. The number of nitrogens with one attached hydrogen (secondary N) is 2. The van der Waals surface area contributed by atoms with E-state index >= 15 is 0 Å². The molecule has 0 spiro atoms. The van der Waals surface area contributed by atoms with Gasteiger partial charge in [-0.2, -0.15) is 0 Å². The standard InChI is InChI=1S/C17H18ClN3O/c18-13-7-5-12(6-8-13)17(22)21-16-10-9-15(11-19-16)20-14-3-1-2-4-14/h5-11,14,20H,1-4H2,(H,19,21,22). The summed E-state index contributed by atoms with van der Waals surface area (Å²) in [6, 6.07) is 11.1. The first-order chi connectivity index (χ1) is 10.7. The van der Waals surface area contributed by atoms with Crippen LogP contribution in [-0.2, 0) is 0 Å². The van der Waals surface area contributed by atoms with Crippen molar-refractivity contribution in [2.45, 2.75) is 31.7 Å². The van der Waals surface area contributed by atoms with E-state index in [1.807, 2.05) is 12.1 Å². The second kappa shape index (κ2) is 6.79. The van der Waals surface area contributed by atoms with Crippen LogP contribution in [0.25, 0.3) is 0 Å². The molecule has 0 bridgehead atoms. The molecule has 0 radical (unpaired) electrons. The summed E-state index contributed by atoms with van der Waals surface area (Å²) in [5.74, 6) is 0.345. The van der Waals surface area contributed by atoms with Crippen LogP contribution in [0.4, 0.5) is 11.5 Å². The minimum atomic E-state index is -0.194. The number of rotatable bonds is 4. The molecule has 2 aromatic rings. The van der Waals surface area contributed by atoms with E-state index in [4.69, 9.17) is 11.6 Å². The van der Waals surface area contributed by atoms with Crippen molar-refractivity contribution >= 4 is 29.0 Å². The normalized spacial score (nSPS) is 14.8. The number of nitrogens with zero attached hydrogens (tertiary/aromatic N) is 1. The van der Waals surface area contributed by atoms with Gasteiger partial charge in [-0.05, 0) is 49.2 Å². The Morgan fingerprint density at radius 2 is 1.82 bits per heavy atom. The monoisotopic (exact) mass is 315 g/mol. The minimum Gasteiger partial charge on any atom is -0.381 e. The van der Waals surface area contributed by atoms with Crippen LogP contribution in [0, 0.1) is 0 Å². The summed E-state index contributed by atoms with van der Waals surface area (Å²) in [4.78, 5) is 16.4. The Bertz CT molecular complexity index is 634. The number of hydrogen-bond donors (Lipinski definition) is 2. The van der Waals surface area contributed by atoms with Gasteiger partial charge in [-0.1, -0.05) is 24.4 Å². The Morgan fingerprint density at radius 3 is 2.45 bits per heavy atom. The van der Waals surface area contributed by atoms with Crippen LogP contribution in [-0.4, -0.2) is 16.9 Å². The predicted octanol–water partition coefficient (Wildman–Crippen LogP) is 4.34. The second-order valence-electron chi connectivity index (χ2n) is 5.52. The largest absolute Gasteiger partial charge is 0.381 e. The Balaban J connectivity index is 1.60. The first-order valence-electron chi connectivity index (χ1n) is 7.50. The number of hydrogen-bond acceptors (Lipinski definition) is 3. The lowest BCUT2D eigenvalue weighted by atomic mass is 10.2. The highest BCUT2D eigenvalue weighted by molar-refractivity contribution is 6.30. The van der Waals surface area contributed by atoms with Crippen molar-refractivity contribution in [1.82, 2.24) is 4.98 Å². The van der Waals surface area contributed by atoms with Gasteiger partial charge in [0.2, 0.25) is 0 Å². The smallest absolute Gasteiger partial charge is 0.256 e. The maximum atomic E-state index is 12.1. The summed E-state index contributed by atoms with van der Waals surface area (Å²) >= 11 is 5.81. The second-order valence-corrected chi connectivity index (χ2v) is 5.96. The van der Waals surface area contributed by atoms with Crippen molar-refractivity contribution in [1.29, 1.82) is 0 Å². The molecule has 114 valence electrons. The fraction of sp³-hybridized carbons (Fsp3) is 0.294. The molecule has 1 aliphatic carbocycles. The molecule has 1 aromatic carbocycles. The third-order valence-corrected chi connectivity index (χ3v) is 4.09. The number of amides is 1. The van der Waals surface area contributed by atoms with Crippen molar-refractivity contribution in [3.63, 3.8) is 0 Å². The van der Waals surface area contributed by atoms with Crippen LogP contribution in [0.5, 0.6) is 0 Å². The van der Waals surface area contributed by atoms with Crippen LogP contribution in [0.15, 0.2) is 42.6 Å². The van der Waals surface area contributed by atoms with Gasteiger partial charge in [0.15, 0.2) is 0 Å². The zero-order chi connectivity index (χ0) is 15.4. The zero-order valence-corrected chi connectivity index (χ0v) is 12.9. The highest BCUT2D eigenvalue weighted by Crippen LogP contribution is 2.22. The Kier molecular flexibility index (Phi) is 4.59. The highest BCUT2D eigenvalue weighted by Gasteiger charge is 2.14. The predicted molar refractivity (Wildman–Crippen MR) is 89.5 cm³/mol. The quantitative estimate of drug-likeness (QED) is 0.882. The third-order valence-electron chi connectivity index (χ3n) is 3.84. The Labute approximate surface area is 134 Å². The fourth-order valence-electron chi connectivity index (χ4n) is 2.65. The van der Waals surface area contributed by atoms with Crippen LogP contribution in [0.1, 0.15) is 36.0 Å². The molecule has 1 saturated carbocycles. The van der Waals surface area contributed by atoms with Gasteiger partial charge in [0.1, 0.15) is 5.82 Å². The molecule has 0 saturated heterocycles. The lowest BCUT2D eigenvalue weighted by Crippen LogP contribution is -2.15. The van der Waals surface area contributed by atoms with Crippen LogP contribution in [0.2, 0.25) is 5.02 Å². The van der Waals surface area contributed by atoms with Gasteiger partial charge in [-0.15, -0.1) is 0 Å². The third kappa shape index (κ3) is 3.77. The summed E-state index contributed by atoms with van der Waals surface area (Å²) in [7, 11) is 0. The van der Waals surface area contributed by atoms with Gasteiger partial charge >= 0.3 is 0 Å². The van der Waals surface area contributed by atoms with Gasteiger partial charge in [-0.25, -0.2) is 4.98 Å². The molecule has 22 heavy (non-hydrogen) atoms. The van der Waals surface area contributed by atoms with Gasteiger partial charge in [0.05, 0.1) is 11.9 Å². The first kappa shape index (κ1) is 14.9. The van der Waals surface area contributed by atoms with E-state index in [0.29, 0.717) is 22.4 Å². The Morgan fingerprint density at radius 1 is 1.09 bits per heavy atom. The summed E-state index contributed by atoms with van der Waals surface area (Å²) in [6.07, 6.45) is 6.78. The number of benzene rings is 1. The van der Waals surface area contributed by atoms with Crippen LogP contribution < -0.4 is 10.6 Å². The van der Waals surface area contributed by atoms with Gasteiger partial charge in [0.25, 0.3) is 5.91 Å². The number of carbonyl (C=O) groups excluding carboxylic acids is 1. The van der Waals surface area contributed by atoms with Gasteiger partial charge in [-0.3, -0.25) is 4.79 Å². The molecule has 1 heterocycles. The molecule has 1 amide bonds. The van der Waals surface area contributed by atoms with E-state index in [1.165, 1.54) is 25.7 Å². The molecule has 3 rings (SSSR count). The van der Waals surface area contributed by atoms with Crippen molar-refractivity contribution in [2.75, 3.05) is 10.6 Å². The first-order valence-corrected chi connectivity index (χ1v) is 7.88. The maximum Gasteiger partial charge on any atom is 0.256 e. The van der Waals surface area contributed by atoms with E-state index in [0.717, 1.165) is 5.69 Å². The van der Waals surface area contributed by atoms with Gasteiger partial charge in [0, 0.05) is 16.6 Å². The number of aromatic nitrogens is 1. The molecule has 2 N–H and O–H groups in total. The minimum absolute atomic E-state index is 0.194. The molecular formula is C17H18ClN3O. The summed E-state index contributed by atoms with van der Waals surface area (Å²) in [5.41, 5.74) is 1.55. The fourth-order valence-corrected chi connectivity index (χ4v) is 2.77. The molecule has 0 atom stereocenters. The summed E-state index contributed by atoms with van der Waals surface area (Å²) in [5, 5.41) is 6.86. The highest BCUT2D eigenvalue weighted by atomic mass is 35.5. The van der Waals surface area contributed by atoms with Crippen molar-refractivity contribution in [2.24, 2.45) is 0 Å². The average molecular weight is 316 g/mol. The molecular weight excluding hydrogens is 298 g/mol. The lowest BCUT2D eigenvalue weighted by molar-refractivity contribution is 0.102. The van der Waals surface area contributed by atoms with Crippen molar-refractivity contribution in [3.05, 3.63) is 53.2 Å². The average Bonchev–Trinajstić information content (AvgIpc) is 3.03. The molecule has 4 nitrogen and oxygen atoms in total. The van der Waals surface area contributed by atoms with Gasteiger partial charge < -0.3 is 10.6 Å². The van der Waals surface area contributed by atoms with E-state index in [-0.39, 0.29) is 5.91 Å². The van der Waals surface area contributed by atoms with Crippen molar-refractivity contribution in [3.8, 4) is 0 Å². The number of halogens is 1. The van der Waals surface area contributed by atoms with E-state index in [9.17, 15) is 4.79 Å². The van der Waals surface area contributed by atoms with E-state index < -0.39 is 0 Å². The summed E-state index contributed by atoms with van der Waals surface area (Å²) in [6.45, 7) is 0. The Hall–Kier alpha value is -2.07. The van der Waals surface area contributed by atoms with Crippen LogP contribution >= 0.6 is 11.6 Å². The molecule has 5 heteroatoms. The molecule has 1 aliphatic rings. The maximum absolute atomic E-state index is 12.1. The van der Waals surface area contributed by atoms with E-state index in [1.54, 1.807) is 30.5 Å². The topological polar surface area (TPSA) is 54.0 Å². The van der Waals surface area contributed by atoms with Crippen molar-refractivity contribution < 1.29 is 4.79 Å². The SMILES string of the molecule is O=C(Nc1ccc(NC2CCCC2)cn1)c1ccc(Cl)cc1. The molecule has 0 unspecified atom stereocenters. The number of carbonyl (C=O) groups is 1. The number of pyridine rings is 1. The zero-order valence-electron chi connectivity index (χ0n) is 12.2.